The van der Waals surface area contributed by atoms with E-state index in [0.29, 0.717) is 48.9 Å². The largest absolute Gasteiger partial charge is 0.486 e. The molecular formula is C26H23FN4O3. The molecule has 0 saturated heterocycles. The van der Waals surface area contributed by atoms with Crippen molar-refractivity contribution in [2.45, 2.75) is 6.42 Å². The first kappa shape index (κ1) is 21.5. The van der Waals surface area contributed by atoms with Gasteiger partial charge in [-0.1, -0.05) is 18.2 Å². The smallest absolute Gasteiger partial charge is 0.257 e. The van der Waals surface area contributed by atoms with Gasteiger partial charge in [-0.25, -0.2) is 4.39 Å². The predicted molar refractivity (Wildman–Crippen MR) is 129 cm³/mol. The van der Waals surface area contributed by atoms with Crippen LogP contribution in [0.5, 0.6) is 11.5 Å². The number of H-pyrrole nitrogens is 1. The number of ether oxygens (including phenoxy) is 2. The first-order valence-corrected chi connectivity index (χ1v) is 11.0. The molecule has 0 saturated carbocycles. The van der Waals surface area contributed by atoms with Gasteiger partial charge in [0.25, 0.3) is 5.91 Å². The van der Waals surface area contributed by atoms with Crippen LogP contribution in [0.2, 0.25) is 0 Å². The van der Waals surface area contributed by atoms with Crippen LogP contribution in [0, 0.1) is 5.82 Å². The Hall–Kier alpha value is -4.33. The molecule has 0 unspecified atom stereocenters. The van der Waals surface area contributed by atoms with Crippen LogP contribution in [-0.2, 0) is 6.42 Å². The summed E-state index contributed by atoms with van der Waals surface area (Å²) in [5, 5.41) is 7.10. The summed E-state index contributed by atoms with van der Waals surface area (Å²) in [5.41, 5.74) is 3.23. The number of hydrogen-bond donors (Lipinski definition) is 3. The second kappa shape index (κ2) is 9.66. The monoisotopic (exact) mass is 458 g/mol. The molecule has 8 heteroatoms. The summed E-state index contributed by atoms with van der Waals surface area (Å²) in [4.78, 5) is 20.6. The van der Waals surface area contributed by atoms with Crippen molar-refractivity contribution < 1.29 is 18.7 Å². The van der Waals surface area contributed by atoms with Crippen LogP contribution >= 0.6 is 0 Å². The van der Waals surface area contributed by atoms with E-state index in [9.17, 15) is 9.18 Å². The molecule has 0 fully saturated rings. The normalized spacial score (nSPS) is 13.0. The van der Waals surface area contributed by atoms with Crippen LogP contribution < -0.4 is 20.1 Å². The summed E-state index contributed by atoms with van der Waals surface area (Å²) in [6.45, 7) is 1.43. The van der Waals surface area contributed by atoms with Crippen molar-refractivity contribution >= 4 is 28.5 Å². The molecule has 1 aromatic heterocycles. The van der Waals surface area contributed by atoms with E-state index in [1.54, 1.807) is 6.07 Å². The molecule has 5 rings (SSSR count). The van der Waals surface area contributed by atoms with Crippen LogP contribution in [0.3, 0.4) is 0 Å². The van der Waals surface area contributed by atoms with Gasteiger partial charge in [0.1, 0.15) is 19.0 Å². The lowest BCUT2D eigenvalue weighted by Gasteiger charge is -2.19. The van der Waals surface area contributed by atoms with Gasteiger partial charge in [-0.3, -0.25) is 15.1 Å². The minimum absolute atomic E-state index is 0.283. The van der Waals surface area contributed by atoms with Gasteiger partial charge < -0.3 is 19.8 Å². The average molecular weight is 458 g/mol. The zero-order valence-electron chi connectivity index (χ0n) is 18.3. The Morgan fingerprint density at radius 3 is 2.65 bits per heavy atom. The summed E-state index contributed by atoms with van der Waals surface area (Å²) in [6, 6.07) is 18.9. The van der Waals surface area contributed by atoms with Gasteiger partial charge in [0, 0.05) is 41.0 Å². The average Bonchev–Trinajstić information content (AvgIpc) is 3.27. The topological polar surface area (TPSA) is 87.7 Å². The molecule has 0 spiro atoms. The number of carbonyl (C=O) groups excluding carboxylic acids is 1. The molecule has 3 aromatic carbocycles. The summed E-state index contributed by atoms with van der Waals surface area (Å²) < 4.78 is 24.5. The zero-order chi connectivity index (χ0) is 23.3. The van der Waals surface area contributed by atoms with Crippen molar-refractivity contribution in [3.8, 4) is 11.5 Å². The maximum absolute atomic E-state index is 13.3. The highest BCUT2D eigenvalue weighted by Crippen LogP contribution is 2.32. The lowest BCUT2D eigenvalue weighted by Crippen LogP contribution is -2.36. The number of hydrogen-bond acceptors (Lipinski definition) is 4. The van der Waals surface area contributed by atoms with E-state index < -0.39 is 11.7 Å². The number of rotatable bonds is 5. The third kappa shape index (κ3) is 4.85. The summed E-state index contributed by atoms with van der Waals surface area (Å²) in [7, 11) is 0. The van der Waals surface area contributed by atoms with Gasteiger partial charge in [0.15, 0.2) is 11.5 Å². The van der Waals surface area contributed by atoms with E-state index in [1.165, 1.54) is 24.3 Å². The molecule has 7 nitrogen and oxygen atoms in total. The van der Waals surface area contributed by atoms with E-state index in [4.69, 9.17) is 9.47 Å². The molecule has 2 heterocycles. The van der Waals surface area contributed by atoms with E-state index >= 15 is 0 Å². The summed E-state index contributed by atoms with van der Waals surface area (Å²) in [6.07, 6.45) is 2.66. The molecule has 1 aliphatic heterocycles. The first-order chi connectivity index (χ1) is 16.7. The highest BCUT2D eigenvalue weighted by atomic mass is 19.1. The second-order valence-electron chi connectivity index (χ2n) is 7.78. The van der Waals surface area contributed by atoms with Crippen molar-refractivity contribution in [3.05, 3.63) is 89.9 Å². The van der Waals surface area contributed by atoms with Crippen molar-refractivity contribution in [1.82, 2.24) is 10.3 Å². The van der Waals surface area contributed by atoms with Gasteiger partial charge in [-0.05, 0) is 54.4 Å². The molecule has 3 N–H and O–H groups in total. The maximum atomic E-state index is 13.3. The highest BCUT2D eigenvalue weighted by molar-refractivity contribution is 6.10. The number of halogens is 1. The molecule has 0 radical (unpaired) electrons. The van der Waals surface area contributed by atoms with Crippen LogP contribution in [0.1, 0.15) is 15.9 Å². The first-order valence-electron chi connectivity index (χ1n) is 11.0. The van der Waals surface area contributed by atoms with Crippen molar-refractivity contribution in [3.63, 3.8) is 0 Å². The van der Waals surface area contributed by atoms with Gasteiger partial charge in [0.05, 0.1) is 0 Å². The van der Waals surface area contributed by atoms with Crippen LogP contribution in [0.25, 0.3) is 10.9 Å². The zero-order valence-corrected chi connectivity index (χ0v) is 18.3. The number of guanidine groups is 1. The fourth-order valence-corrected chi connectivity index (χ4v) is 3.78. The standard InChI is InChI=1S/C26H23FN4O3/c27-19-7-5-17(6-8-19)25(32)31-26(30-20-9-10-23-24(15-20)34-14-13-33-23)28-12-11-18-16-29-22-4-2-1-3-21(18)22/h1-10,15-16,29H,11-14H2,(H2,28,30,31,32). The quantitative estimate of drug-likeness (QED) is 0.303. The molecule has 0 atom stereocenters. The Bertz CT molecular complexity index is 1350. The van der Waals surface area contributed by atoms with Gasteiger partial charge in [-0.15, -0.1) is 0 Å². The van der Waals surface area contributed by atoms with Crippen molar-refractivity contribution in [2.75, 3.05) is 25.1 Å². The van der Waals surface area contributed by atoms with Crippen LogP contribution in [0.4, 0.5) is 10.1 Å². The van der Waals surface area contributed by atoms with E-state index in [-0.39, 0.29) is 5.96 Å². The van der Waals surface area contributed by atoms with E-state index in [0.717, 1.165) is 16.5 Å². The number of para-hydroxylation sites is 1. The number of nitrogens with zero attached hydrogens (tertiary/aromatic N) is 1. The molecule has 4 aromatic rings. The molecular weight excluding hydrogens is 435 g/mol. The highest BCUT2D eigenvalue weighted by Gasteiger charge is 2.14. The van der Waals surface area contributed by atoms with Crippen molar-refractivity contribution in [2.24, 2.45) is 4.99 Å². The number of nitrogens with one attached hydrogen (secondary N) is 3. The SMILES string of the molecule is O=C(NC(=NCCc1c[nH]c2ccccc12)Nc1ccc2c(c1)OCCO2)c1ccc(F)cc1. The van der Waals surface area contributed by atoms with Gasteiger partial charge >= 0.3 is 0 Å². The lowest BCUT2D eigenvalue weighted by atomic mass is 10.1. The number of aliphatic imine (C=N–C) groups is 1. The summed E-state index contributed by atoms with van der Waals surface area (Å²) in [5.74, 6) is 0.782. The lowest BCUT2D eigenvalue weighted by molar-refractivity contribution is 0.0977. The molecule has 1 amide bonds. The van der Waals surface area contributed by atoms with Gasteiger partial charge in [0.2, 0.25) is 5.96 Å². The third-order valence-electron chi connectivity index (χ3n) is 5.47. The number of carbonyl (C=O) groups is 1. The Labute approximate surface area is 195 Å². The number of aromatic amines is 1. The molecule has 1 aliphatic rings. The van der Waals surface area contributed by atoms with E-state index in [2.05, 4.69) is 26.7 Å². The molecule has 0 aliphatic carbocycles. The fourth-order valence-electron chi connectivity index (χ4n) is 3.78. The molecule has 172 valence electrons. The number of fused-ring (bicyclic) bond motifs is 2. The predicted octanol–water partition coefficient (Wildman–Crippen LogP) is 4.52. The summed E-state index contributed by atoms with van der Waals surface area (Å²) >= 11 is 0. The number of benzene rings is 3. The number of anilines is 1. The van der Waals surface area contributed by atoms with E-state index in [1.807, 2.05) is 36.5 Å². The van der Waals surface area contributed by atoms with Gasteiger partial charge in [-0.2, -0.15) is 0 Å². The van der Waals surface area contributed by atoms with Crippen LogP contribution in [0.15, 0.2) is 77.9 Å². The second-order valence-corrected chi connectivity index (χ2v) is 7.78. The Kier molecular flexibility index (Phi) is 6.11. The van der Waals surface area contributed by atoms with Crippen LogP contribution in [-0.4, -0.2) is 36.6 Å². The Balaban J connectivity index is 1.35. The maximum Gasteiger partial charge on any atom is 0.257 e. The minimum atomic E-state index is -0.404. The number of amides is 1. The molecule has 0 bridgehead atoms. The Morgan fingerprint density at radius 1 is 1.00 bits per heavy atom. The molecule has 34 heavy (non-hydrogen) atoms. The fraction of sp³-hybridized carbons (Fsp3) is 0.154. The minimum Gasteiger partial charge on any atom is -0.486 e. The Morgan fingerprint density at radius 2 is 1.79 bits per heavy atom. The van der Waals surface area contributed by atoms with Crippen molar-refractivity contribution in [1.29, 1.82) is 0 Å². The number of aromatic nitrogens is 1. The third-order valence-corrected chi connectivity index (χ3v) is 5.47.